The van der Waals surface area contributed by atoms with Gasteiger partial charge in [0.05, 0.1) is 13.3 Å². The summed E-state index contributed by atoms with van der Waals surface area (Å²) in [6.07, 6.45) is 6.75. The normalized spacial score (nSPS) is 26.3. The van der Waals surface area contributed by atoms with Crippen LogP contribution in [0.4, 0.5) is 0 Å². The van der Waals surface area contributed by atoms with Crippen LogP contribution in [0, 0.1) is 11.8 Å². The van der Waals surface area contributed by atoms with Gasteiger partial charge in [-0.25, -0.2) is 0 Å². The molecule has 0 radical (unpaired) electrons. The SMILES string of the molecule is CCCNCC1CCCN(COCC2CC2)C1. The lowest BCUT2D eigenvalue weighted by Crippen LogP contribution is -2.40. The number of ether oxygens (including phenoxy) is 1. The van der Waals surface area contributed by atoms with E-state index < -0.39 is 0 Å². The first-order chi connectivity index (χ1) is 8.38. The summed E-state index contributed by atoms with van der Waals surface area (Å²) in [5.41, 5.74) is 0. The Hall–Kier alpha value is -0.120. The second-order valence-electron chi connectivity index (χ2n) is 5.73. The predicted molar refractivity (Wildman–Crippen MR) is 71.0 cm³/mol. The minimum absolute atomic E-state index is 0.833. The van der Waals surface area contributed by atoms with Crippen molar-refractivity contribution in [2.24, 2.45) is 11.8 Å². The van der Waals surface area contributed by atoms with Crippen molar-refractivity contribution in [3.63, 3.8) is 0 Å². The molecule has 0 aromatic carbocycles. The van der Waals surface area contributed by atoms with Crippen molar-refractivity contribution < 1.29 is 4.74 Å². The van der Waals surface area contributed by atoms with Crippen LogP contribution in [-0.4, -0.2) is 44.4 Å². The molecule has 1 saturated carbocycles. The van der Waals surface area contributed by atoms with Crippen molar-refractivity contribution in [1.29, 1.82) is 0 Å². The molecule has 0 aromatic rings. The molecule has 3 heteroatoms. The van der Waals surface area contributed by atoms with E-state index in [4.69, 9.17) is 4.74 Å². The zero-order valence-corrected chi connectivity index (χ0v) is 11.3. The molecule has 2 rings (SSSR count). The molecule has 1 saturated heterocycles. The Bertz CT molecular complexity index is 206. The maximum Gasteiger partial charge on any atom is 0.0990 e. The molecule has 0 spiro atoms. The molecule has 2 aliphatic rings. The molecule has 2 fully saturated rings. The van der Waals surface area contributed by atoms with Gasteiger partial charge in [-0.15, -0.1) is 0 Å². The lowest BCUT2D eigenvalue weighted by molar-refractivity contribution is 0.00245. The van der Waals surface area contributed by atoms with E-state index in [1.807, 2.05) is 0 Å². The van der Waals surface area contributed by atoms with Gasteiger partial charge in [-0.05, 0) is 57.0 Å². The van der Waals surface area contributed by atoms with Crippen LogP contribution in [0.5, 0.6) is 0 Å². The number of hydrogen-bond donors (Lipinski definition) is 1. The average Bonchev–Trinajstić information content (AvgIpc) is 3.14. The van der Waals surface area contributed by atoms with E-state index in [-0.39, 0.29) is 0 Å². The van der Waals surface area contributed by atoms with Crippen LogP contribution in [0.15, 0.2) is 0 Å². The number of likely N-dealkylation sites (tertiary alicyclic amines) is 1. The van der Waals surface area contributed by atoms with E-state index in [9.17, 15) is 0 Å². The summed E-state index contributed by atoms with van der Waals surface area (Å²) in [7, 11) is 0. The van der Waals surface area contributed by atoms with Crippen molar-refractivity contribution in [2.75, 3.05) is 39.5 Å². The second kappa shape index (κ2) is 7.34. The fraction of sp³-hybridized carbons (Fsp3) is 1.00. The van der Waals surface area contributed by atoms with Gasteiger partial charge in [-0.2, -0.15) is 0 Å². The molecule has 0 amide bonds. The fourth-order valence-corrected chi connectivity index (χ4v) is 2.55. The topological polar surface area (TPSA) is 24.5 Å². The maximum atomic E-state index is 5.78. The summed E-state index contributed by atoms with van der Waals surface area (Å²) in [6.45, 7) is 8.89. The summed E-state index contributed by atoms with van der Waals surface area (Å²) in [5.74, 6) is 1.72. The van der Waals surface area contributed by atoms with Crippen LogP contribution in [0.2, 0.25) is 0 Å². The van der Waals surface area contributed by atoms with Gasteiger partial charge in [0.25, 0.3) is 0 Å². The van der Waals surface area contributed by atoms with Crippen molar-refractivity contribution in [3.05, 3.63) is 0 Å². The Kier molecular flexibility index (Phi) is 5.75. The van der Waals surface area contributed by atoms with Gasteiger partial charge in [-0.1, -0.05) is 6.92 Å². The van der Waals surface area contributed by atoms with Gasteiger partial charge in [0, 0.05) is 13.1 Å². The van der Waals surface area contributed by atoms with Gasteiger partial charge in [0.2, 0.25) is 0 Å². The van der Waals surface area contributed by atoms with Gasteiger partial charge < -0.3 is 10.1 Å². The smallest absolute Gasteiger partial charge is 0.0990 e. The summed E-state index contributed by atoms with van der Waals surface area (Å²) < 4.78 is 5.78. The van der Waals surface area contributed by atoms with Crippen LogP contribution in [0.25, 0.3) is 0 Å². The van der Waals surface area contributed by atoms with Crippen molar-refractivity contribution in [3.8, 4) is 0 Å². The molecule has 1 aliphatic carbocycles. The molecule has 0 aromatic heterocycles. The molecular weight excluding hydrogens is 212 g/mol. The van der Waals surface area contributed by atoms with Crippen LogP contribution in [0.1, 0.15) is 39.0 Å². The molecule has 0 bridgehead atoms. The van der Waals surface area contributed by atoms with Gasteiger partial charge >= 0.3 is 0 Å². The highest BCUT2D eigenvalue weighted by Crippen LogP contribution is 2.28. The first-order valence-corrected chi connectivity index (χ1v) is 7.39. The summed E-state index contributed by atoms with van der Waals surface area (Å²) in [4.78, 5) is 2.49. The minimum Gasteiger partial charge on any atom is -0.366 e. The third kappa shape index (κ3) is 5.36. The lowest BCUT2D eigenvalue weighted by atomic mass is 9.98. The molecule has 1 unspecified atom stereocenters. The number of nitrogens with one attached hydrogen (secondary N) is 1. The highest BCUT2D eigenvalue weighted by Gasteiger charge is 2.23. The molecule has 17 heavy (non-hydrogen) atoms. The Labute approximate surface area is 106 Å². The minimum atomic E-state index is 0.833. The Balaban J connectivity index is 1.54. The van der Waals surface area contributed by atoms with Crippen molar-refractivity contribution >= 4 is 0 Å². The Morgan fingerprint density at radius 3 is 2.88 bits per heavy atom. The molecule has 3 nitrogen and oxygen atoms in total. The first-order valence-electron chi connectivity index (χ1n) is 7.39. The molecule has 1 heterocycles. The fourth-order valence-electron chi connectivity index (χ4n) is 2.55. The van der Waals surface area contributed by atoms with Crippen molar-refractivity contribution in [2.45, 2.75) is 39.0 Å². The van der Waals surface area contributed by atoms with E-state index in [2.05, 4.69) is 17.1 Å². The van der Waals surface area contributed by atoms with Crippen LogP contribution in [0.3, 0.4) is 0 Å². The van der Waals surface area contributed by atoms with E-state index in [1.165, 1.54) is 51.7 Å². The molecule has 1 atom stereocenters. The molecule has 100 valence electrons. The van der Waals surface area contributed by atoms with Crippen LogP contribution >= 0.6 is 0 Å². The van der Waals surface area contributed by atoms with E-state index in [1.54, 1.807) is 0 Å². The molecule has 1 aliphatic heterocycles. The third-order valence-electron chi connectivity index (χ3n) is 3.79. The Morgan fingerprint density at radius 2 is 2.12 bits per heavy atom. The quantitative estimate of drug-likeness (QED) is 0.657. The summed E-state index contributed by atoms with van der Waals surface area (Å²) in [6, 6.07) is 0. The first kappa shape index (κ1) is 13.3. The van der Waals surface area contributed by atoms with E-state index in [0.717, 1.165) is 31.7 Å². The van der Waals surface area contributed by atoms with Crippen LogP contribution < -0.4 is 5.32 Å². The third-order valence-corrected chi connectivity index (χ3v) is 3.79. The number of rotatable bonds is 8. The Morgan fingerprint density at radius 1 is 1.24 bits per heavy atom. The monoisotopic (exact) mass is 240 g/mol. The maximum absolute atomic E-state index is 5.78. The molecular formula is C14H28N2O. The second-order valence-corrected chi connectivity index (χ2v) is 5.73. The lowest BCUT2D eigenvalue weighted by Gasteiger charge is -2.32. The molecule has 1 N–H and O–H groups in total. The number of nitrogens with zero attached hydrogens (tertiary/aromatic N) is 1. The standard InChI is InChI=1S/C14H28N2O/c1-2-7-15-9-14-4-3-8-16(10-14)12-17-11-13-5-6-13/h13-15H,2-12H2,1H3. The predicted octanol–water partition coefficient (Wildman–Crippen LogP) is 2.08. The van der Waals surface area contributed by atoms with Gasteiger partial charge in [0.1, 0.15) is 0 Å². The zero-order chi connectivity index (χ0) is 11.9. The van der Waals surface area contributed by atoms with E-state index >= 15 is 0 Å². The number of piperidine rings is 1. The highest BCUT2D eigenvalue weighted by atomic mass is 16.5. The summed E-state index contributed by atoms with van der Waals surface area (Å²) in [5, 5.41) is 3.54. The van der Waals surface area contributed by atoms with Gasteiger partial charge in [-0.3, -0.25) is 4.90 Å². The average molecular weight is 240 g/mol. The highest BCUT2D eigenvalue weighted by molar-refractivity contribution is 4.74. The number of hydrogen-bond acceptors (Lipinski definition) is 3. The van der Waals surface area contributed by atoms with Crippen molar-refractivity contribution in [1.82, 2.24) is 10.2 Å². The van der Waals surface area contributed by atoms with Crippen LogP contribution in [-0.2, 0) is 4.74 Å². The van der Waals surface area contributed by atoms with E-state index in [0.29, 0.717) is 0 Å². The zero-order valence-electron chi connectivity index (χ0n) is 11.3. The summed E-state index contributed by atoms with van der Waals surface area (Å²) >= 11 is 0. The largest absolute Gasteiger partial charge is 0.366 e. The van der Waals surface area contributed by atoms with Gasteiger partial charge in [0.15, 0.2) is 0 Å².